The van der Waals surface area contributed by atoms with Gasteiger partial charge in [0.2, 0.25) is 5.95 Å². The lowest BCUT2D eigenvalue weighted by Crippen LogP contribution is -2.48. The maximum absolute atomic E-state index is 12.9. The zero-order chi connectivity index (χ0) is 17.7. The number of nitrogens with two attached hydrogens (primary N) is 1. The average molecular weight is 377 g/mol. The second-order valence-corrected chi connectivity index (χ2v) is 8.40. The van der Waals surface area contributed by atoms with Crippen LogP contribution in [0.25, 0.3) is 0 Å². The van der Waals surface area contributed by atoms with E-state index in [0.29, 0.717) is 10.2 Å². The number of amides is 1. The molecule has 1 amide bonds. The number of anilines is 2. The van der Waals surface area contributed by atoms with Crippen molar-refractivity contribution in [2.45, 2.75) is 22.8 Å². The van der Waals surface area contributed by atoms with E-state index < -0.39 is 10.8 Å². The number of hydrogen-bond donors (Lipinski definition) is 1. The molecule has 3 atom stereocenters. The smallest absolute Gasteiger partial charge is 0.266 e. The van der Waals surface area contributed by atoms with Crippen LogP contribution < -0.4 is 10.6 Å². The molecule has 25 heavy (non-hydrogen) atoms. The first-order chi connectivity index (χ1) is 12.0. The lowest BCUT2D eigenvalue weighted by atomic mass is 10.0. The van der Waals surface area contributed by atoms with Crippen LogP contribution in [0.3, 0.4) is 0 Å². The molecule has 0 aliphatic carbocycles. The van der Waals surface area contributed by atoms with Gasteiger partial charge in [0.15, 0.2) is 4.34 Å². The second-order valence-electron chi connectivity index (χ2n) is 5.81. The maximum atomic E-state index is 12.9. The normalized spacial score (nSPS) is 22.9. The fourth-order valence-corrected chi connectivity index (χ4v) is 4.86. The summed E-state index contributed by atoms with van der Waals surface area (Å²) in [5.74, 6) is 0.618. The number of hydrogen-bond acceptors (Lipinski definition) is 9. The Balaban J connectivity index is 1.61. The van der Waals surface area contributed by atoms with Gasteiger partial charge in [-0.3, -0.25) is 9.00 Å². The summed E-state index contributed by atoms with van der Waals surface area (Å²) in [5.41, 5.74) is 6.22. The van der Waals surface area contributed by atoms with Crippen LogP contribution in [0, 0.1) is 0 Å². The van der Waals surface area contributed by atoms with Gasteiger partial charge in [-0.2, -0.15) is 5.10 Å². The number of rotatable bonds is 3. The van der Waals surface area contributed by atoms with Crippen molar-refractivity contribution >= 4 is 46.0 Å². The predicted molar refractivity (Wildman–Crippen MR) is 94.9 cm³/mol. The summed E-state index contributed by atoms with van der Waals surface area (Å²) in [6.07, 6.45) is 6.52. The molecule has 2 aliphatic heterocycles. The minimum atomic E-state index is -1.14. The van der Waals surface area contributed by atoms with Crippen LogP contribution in [0.5, 0.6) is 0 Å². The lowest BCUT2D eigenvalue weighted by molar-refractivity contribution is -0.133. The number of fused-ring (bicyclic) bond motifs is 3. The molecule has 9 nitrogen and oxygen atoms in total. The third kappa shape index (κ3) is 2.59. The lowest BCUT2D eigenvalue weighted by Gasteiger charge is -2.31. The minimum Gasteiger partial charge on any atom is -0.368 e. The largest absolute Gasteiger partial charge is 0.368 e. The van der Waals surface area contributed by atoms with Gasteiger partial charge < -0.3 is 10.6 Å². The SMILES string of the molecule is CN1c2nc(S(C)=O)sc2C2C=NN(Cc3cnc(N)nc3)C(=O)C21. The Morgan fingerprint density at radius 3 is 2.76 bits per heavy atom. The van der Waals surface area contributed by atoms with Gasteiger partial charge in [-0.15, -0.1) is 11.3 Å². The van der Waals surface area contributed by atoms with E-state index in [0.717, 1.165) is 10.4 Å². The third-order valence-electron chi connectivity index (χ3n) is 4.19. The Morgan fingerprint density at radius 2 is 2.08 bits per heavy atom. The molecule has 0 radical (unpaired) electrons. The number of hydrazone groups is 1. The maximum Gasteiger partial charge on any atom is 0.266 e. The van der Waals surface area contributed by atoms with E-state index in [2.05, 4.69) is 20.1 Å². The Morgan fingerprint density at radius 1 is 1.36 bits per heavy atom. The summed E-state index contributed by atoms with van der Waals surface area (Å²) in [6.45, 7) is 0.276. The average Bonchev–Trinajstić information content (AvgIpc) is 3.12. The van der Waals surface area contributed by atoms with E-state index in [1.165, 1.54) is 16.3 Å². The molecule has 0 aromatic carbocycles. The minimum absolute atomic E-state index is 0.115. The van der Waals surface area contributed by atoms with Gasteiger partial charge in [-0.25, -0.2) is 20.0 Å². The van der Waals surface area contributed by atoms with E-state index in [-0.39, 0.29) is 30.4 Å². The molecule has 2 N–H and O–H groups in total. The summed E-state index contributed by atoms with van der Waals surface area (Å²) in [4.78, 5) is 28.0. The van der Waals surface area contributed by atoms with E-state index in [9.17, 15) is 9.00 Å². The Bertz CT molecular complexity index is 895. The van der Waals surface area contributed by atoms with Crippen molar-refractivity contribution in [2.75, 3.05) is 23.9 Å². The molecule has 0 spiro atoms. The number of carbonyl (C=O) groups is 1. The van der Waals surface area contributed by atoms with Gasteiger partial charge in [0.1, 0.15) is 11.9 Å². The summed E-state index contributed by atoms with van der Waals surface area (Å²) in [7, 11) is 0.686. The monoisotopic (exact) mass is 377 g/mol. The molecule has 3 unspecified atom stereocenters. The van der Waals surface area contributed by atoms with Crippen molar-refractivity contribution in [1.82, 2.24) is 20.0 Å². The molecule has 2 aromatic rings. The second kappa shape index (κ2) is 5.85. The summed E-state index contributed by atoms with van der Waals surface area (Å²) in [6, 6.07) is -0.389. The van der Waals surface area contributed by atoms with Gasteiger partial charge in [0, 0.05) is 37.5 Å². The number of thiazole rings is 1. The van der Waals surface area contributed by atoms with Crippen molar-refractivity contribution in [3.05, 3.63) is 22.8 Å². The molecule has 4 rings (SSSR count). The highest BCUT2D eigenvalue weighted by Crippen LogP contribution is 2.45. The summed E-state index contributed by atoms with van der Waals surface area (Å²) < 4.78 is 12.2. The number of nitrogen functional groups attached to an aromatic ring is 1. The fraction of sp³-hybridized carbons (Fsp3) is 0.357. The van der Waals surface area contributed by atoms with E-state index in [4.69, 9.17) is 5.73 Å². The number of carbonyl (C=O) groups excluding carboxylic acids is 1. The standard InChI is InChI=1S/C14H15N7O2S2/c1-20-9-8(10-11(20)19-14(24-10)25(2)23)5-18-21(12(9)22)6-7-3-16-13(15)17-4-7/h3-5,8-9H,6H2,1-2H3,(H2,15,16,17). The van der Waals surface area contributed by atoms with Crippen molar-refractivity contribution in [1.29, 1.82) is 0 Å². The highest BCUT2D eigenvalue weighted by molar-refractivity contribution is 7.86. The third-order valence-corrected chi connectivity index (χ3v) is 6.66. The first kappa shape index (κ1) is 16.1. The van der Waals surface area contributed by atoms with Gasteiger partial charge in [-0.05, 0) is 0 Å². The molecule has 2 aromatic heterocycles. The van der Waals surface area contributed by atoms with E-state index in [1.807, 2.05) is 11.9 Å². The highest BCUT2D eigenvalue weighted by atomic mass is 32.2. The van der Waals surface area contributed by atoms with Crippen LogP contribution in [0.1, 0.15) is 16.4 Å². The zero-order valence-corrected chi connectivity index (χ0v) is 15.1. The van der Waals surface area contributed by atoms with Crippen LogP contribution >= 0.6 is 11.3 Å². The Kier molecular flexibility index (Phi) is 3.76. The molecule has 0 saturated heterocycles. The quantitative estimate of drug-likeness (QED) is 0.811. The van der Waals surface area contributed by atoms with Crippen molar-refractivity contribution in [3.8, 4) is 0 Å². The van der Waals surface area contributed by atoms with Crippen LogP contribution in [0.4, 0.5) is 11.8 Å². The zero-order valence-electron chi connectivity index (χ0n) is 13.5. The molecule has 4 heterocycles. The number of nitrogens with zero attached hydrogens (tertiary/aromatic N) is 6. The van der Waals surface area contributed by atoms with Gasteiger partial charge in [0.25, 0.3) is 5.91 Å². The first-order valence-electron chi connectivity index (χ1n) is 7.44. The molecule has 0 fully saturated rings. The van der Waals surface area contributed by atoms with Crippen molar-refractivity contribution in [3.63, 3.8) is 0 Å². The molecule has 11 heteroatoms. The molecular formula is C14H15N7O2S2. The summed E-state index contributed by atoms with van der Waals surface area (Å²) >= 11 is 1.38. The Hall–Kier alpha value is -2.40. The number of aromatic nitrogens is 3. The van der Waals surface area contributed by atoms with Crippen molar-refractivity contribution < 1.29 is 9.00 Å². The summed E-state index contributed by atoms with van der Waals surface area (Å²) in [5, 5.41) is 5.71. The van der Waals surface area contributed by atoms with E-state index in [1.54, 1.807) is 24.9 Å². The van der Waals surface area contributed by atoms with Crippen LogP contribution in [-0.2, 0) is 22.1 Å². The number of likely N-dealkylation sites (N-methyl/N-ethyl adjacent to an activating group) is 1. The van der Waals surface area contributed by atoms with Crippen LogP contribution in [0.2, 0.25) is 0 Å². The van der Waals surface area contributed by atoms with Gasteiger partial charge >= 0.3 is 0 Å². The Labute approximate surface area is 150 Å². The molecule has 0 bridgehead atoms. The fourth-order valence-electron chi connectivity index (χ4n) is 2.98. The topological polar surface area (TPSA) is 118 Å². The van der Waals surface area contributed by atoms with Gasteiger partial charge in [0.05, 0.1) is 28.1 Å². The van der Waals surface area contributed by atoms with Crippen LogP contribution in [0.15, 0.2) is 21.8 Å². The first-order valence-corrected chi connectivity index (χ1v) is 9.82. The van der Waals surface area contributed by atoms with Gasteiger partial charge in [-0.1, -0.05) is 0 Å². The highest BCUT2D eigenvalue weighted by Gasteiger charge is 2.47. The van der Waals surface area contributed by atoms with Crippen LogP contribution in [-0.4, -0.2) is 55.6 Å². The molecule has 0 saturated carbocycles. The molecule has 2 aliphatic rings. The predicted octanol–water partition coefficient (Wildman–Crippen LogP) is 0.183. The van der Waals surface area contributed by atoms with E-state index >= 15 is 0 Å². The molecular weight excluding hydrogens is 362 g/mol. The molecule has 130 valence electrons. The van der Waals surface area contributed by atoms with Crippen molar-refractivity contribution in [2.24, 2.45) is 5.10 Å².